The van der Waals surface area contributed by atoms with Gasteiger partial charge in [-0.15, -0.1) is 6.42 Å². The number of nitrogens with zero attached hydrogens (tertiary/aromatic N) is 1. The number of fused-ring (bicyclic) bond motifs is 5. The van der Waals surface area contributed by atoms with Gasteiger partial charge in [0.25, 0.3) is 0 Å². The second-order valence-electron chi connectivity index (χ2n) is 9.76. The maximum absolute atomic E-state index is 6.44. The molecule has 0 unspecified atom stereocenters. The summed E-state index contributed by atoms with van der Waals surface area (Å²) in [5, 5.41) is 7.01. The predicted octanol–water partition coefficient (Wildman–Crippen LogP) is 7.77. The van der Waals surface area contributed by atoms with E-state index in [1.54, 1.807) is 0 Å². The summed E-state index contributed by atoms with van der Waals surface area (Å²) in [6.07, 6.45) is 6.44. The first-order valence-electron chi connectivity index (χ1n) is 12.9. The molecule has 6 aromatic rings. The molecule has 1 heteroatoms. The van der Waals surface area contributed by atoms with Crippen molar-refractivity contribution in [3.63, 3.8) is 0 Å². The van der Waals surface area contributed by atoms with Gasteiger partial charge < -0.3 is 4.90 Å². The Labute approximate surface area is 222 Å². The minimum absolute atomic E-state index is 0.834. The van der Waals surface area contributed by atoms with Gasteiger partial charge in [0.1, 0.15) is 5.70 Å². The van der Waals surface area contributed by atoms with E-state index in [4.69, 9.17) is 6.42 Å². The first-order valence-corrected chi connectivity index (χ1v) is 12.9. The van der Waals surface area contributed by atoms with E-state index in [2.05, 4.69) is 145 Å². The summed E-state index contributed by atoms with van der Waals surface area (Å²) in [7, 11) is 0. The lowest BCUT2D eigenvalue weighted by atomic mass is 10.0. The maximum atomic E-state index is 6.44. The van der Waals surface area contributed by atoms with Crippen molar-refractivity contribution in [2.45, 2.75) is 6.92 Å². The molecule has 178 valence electrons. The lowest BCUT2D eigenvalue weighted by Crippen LogP contribution is -2.33. The van der Waals surface area contributed by atoms with Crippen LogP contribution in [0.15, 0.2) is 127 Å². The molecule has 38 heavy (non-hydrogen) atoms. The molecule has 6 aromatic carbocycles. The number of hydrogen-bond acceptors (Lipinski definition) is 1. The van der Waals surface area contributed by atoms with Crippen molar-refractivity contribution in [3.05, 3.63) is 143 Å². The van der Waals surface area contributed by atoms with Crippen molar-refractivity contribution >= 4 is 44.2 Å². The van der Waals surface area contributed by atoms with Crippen molar-refractivity contribution in [1.29, 1.82) is 0 Å². The van der Waals surface area contributed by atoms with Crippen LogP contribution in [-0.4, -0.2) is 0 Å². The van der Waals surface area contributed by atoms with E-state index in [9.17, 15) is 0 Å². The molecular weight excluding hydrogens is 458 g/mol. The molecule has 0 bridgehead atoms. The Hall–Kier alpha value is -5.06. The molecule has 0 spiro atoms. The Morgan fingerprint density at radius 3 is 2.11 bits per heavy atom. The molecule has 0 aromatic heterocycles. The Bertz CT molecular complexity index is 2050. The summed E-state index contributed by atoms with van der Waals surface area (Å²) in [5.74, 6) is 3.13. The fourth-order valence-electron chi connectivity index (χ4n) is 5.93. The molecule has 1 aliphatic rings. The lowest BCUT2D eigenvalue weighted by molar-refractivity contribution is 1.31. The Morgan fingerprint density at radius 1 is 0.605 bits per heavy atom. The summed E-state index contributed by atoms with van der Waals surface area (Å²) >= 11 is 0. The van der Waals surface area contributed by atoms with Gasteiger partial charge >= 0.3 is 0 Å². The number of hydrogen-bond donors (Lipinski definition) is 0. The van der Waals surface area contributed by atoms with Gasteiger partial charge in [0.15, 0.2) is 0 Å². The fraction of sp³-hybridized carbons (Fsp3) is 0.0270. The van der Waals surface area contributed by atoms with Gasteiger partial charge in [-0.3, -0.25) is 0 Å². The highest BCUT2D eigenvalue weighted by atomic mass is 15.1. The summed E-state index contributed by atoms with van der Waals surface area (Å²) < 4.78 is 0. The Morgan fingerprint density at radius 2 is 1.26 bits per heavy atom. The maximum Gasteiger partial charge on any atom is 0.105 e. The first-order chi connectivity index (χ1) is 18.7. The van der Waals surface area contributed by atoms with Crippen molar-refractivity contribution in [3.8, 4) is 23.5 Å². The normalized spacial score (nSPS) is 12.7. The zero-order valence-electron chi connectivity index (χ0n) is 21.1. The lowest BCUT2D eigenvalue weighted by Gasteiger charge is -2.27. The van der Waals surface area contributed by atoms with Crippen LogP contribution in [0.25, 0.3) is 43.9 Å². The van der Waals surface area contributed by atoms with Gasteiger partial charge in [-0.2, -0.15) is 0 Å². The van der Waals surface area contributed by atoms with Gasteiger partial charge in [0.05, 0.1) is 5.69 Å². The third kappa shape index (κ3) is 3.35. The Balaban J connectivity index is 1.62. The largest absolute Gasteiger partial charge is 0.302 e. The fourth-order valence-corrected chi connectivity index (χ4v) is 5.93. The molecule has 1 nitrogen and oxygen atoms in total. The van der Waals surface area contributed by atoms with Crippen LogP contribution in [0, 0.1) is 12.3 Å². The van der Waals surface area contributed by atoms with Gasteiger partial charge in [-0.1, -0.05) is 115 Å². The number of benzene rings is 6. The summed E-state index contributed by atoms with van der Waals surface area (Å²) in [5.41, 5.74) is 7.97. The van der Waals surface area contributed by atoms with Crippen molar-refractivity contribution in [1.82, 2.24) is 0 Å². The summed E-state index contributed by atoms with van der Waals surface area (Å²) in [6.45, 7) is 2.21. The molecule has 7 rings (SSSR count). The topological polar surface area (TPSA) is 3.24 Å². The first kappa shape index (κ1) is 22.2. The van der Waals surface area contributed by atoms with E-state index in [1.165, 1.54) is 43.6 Å². The molecule has 0 atom stereocenters. The molecule has 0 saturated heterocycles. The highest BCUT2D eigenvalue weighted by Gasteiger charge is 2.21. The van der Waals surface area contributed by atoms with E-state index in [0.29, 0.717) is 0 Å². The molecule has 0 radical (unpaired) electrons. The average Bonchev–Trinajstić information content (AvgIpc) is 3.27. The van der Waals surface area contributed by atoms with Crippen LogP contribution < -0.4 is 15.3 Å². The smallest absolute Gasteiger partial charge is 0.105 e. The van der Waals surface area contributed by atoms with E-state index in [-0.39, 0.29) is 0 Å². The van der Waals surface area contributed by atoms with E-state index in [0.717, 1.165) is 27.7 Å². The number of terminal acetylenes is 1. The standard InChI is InChI=1S/C37H25N/c1-3-35(34-20-11-19-33-32-18-9-8-16-30(32)25(2)37(33)34)38(29-23-22-26-12-4-5-14-28(26)24-29)36-21-10-15-27-13-6-7-17-31(27)36/h1,4-24H,2H3. The molecule has 0 fully saturated rings. The Kier molecular flexibility index (Phi) is 5.13. The summed E-state index contributed by atoms with van der Waals surface area (Å²) in [4.78, 5) is 2.26. The third-order valence-electron chi connectivity index (χ3n) is 7.67. The molecule has 0 saturated carbocycles. The average molecular weight is 484 g/mol. The summed E-state index contributed by atoms with van der Waals surface area (Å²) in [6, 6.07) is 45.1. The second kappa shape index (κ2) is 8.80. The zero-order chi connectivity index (χ0) is 25.6. The molecule has 0 N–H and O–H groups in total. The molecule has 0 aliphatic heterocycles. The monoisotopic (exact) mass is 483 g/mol. The number of rotatable bonds is 3. The number of anilines is 2. The van der Waals surface area contributed by atoms with Crippen molar-refractivity contribution in [2.75, 3.05) is 4.90 Å². The predicted molar refractivity (Wildman–Crippen MR) is 162 cm³/mol. The second-order valence-corrected chi connectivity index (χ2v) is 9.76. The quantitative estimate of drug-likeness (QED) is 0.232. The van der Waals surface area contributed by atoms with Crippen LogP contribution in [0.5, 0.6) is 0 Å². The minimum atomic E-state index is 0.834. The molecule has 0 amide bonds. The van der Waals surface area contributed by atoms with Crippen LogP contribution >= 0.6 is 0 Å². The van der Waals surface area contributed by atoms with Crippen molar-refractivity contribution < 1.29 is 0 Å². The van der Waals surface area contributed by atoms with Gasteiger partial charge in [-0.25, -0.2) is 0 Å². The van der Waals surface area contributed by atoms with Crippen LogP contribution in [0.4, 0.5) is 11.4 Å². The van der Waals surface area contributed by atoms with Gasteiger partial charge in [-0.05, 0) is 68.8 Å². The van der Waals surface area contributed by atoms with Crippen LogP contribution in [0.3, 0.4) is 0 Å². The zero-order valence-corrected chi connectivity index (χ0v) is 21.1. The van der Waals surface area contributed by atoms with Crippen LogP contribution in [-0.2, 0) is 0 Å². The highest BCUT2D eigenvalue weighted by Crippen LogP contribution is 2.37. The third-order valence-corrected chi connectivity index (χ3v) is 7.67. The highest BCUT2D eigenvalue weighted by molar-refractivity contribution is 6.03. The minimum Gasteiger partial charge on any atom is -0.302 e. The molecule has 1 aliphatic carbocycles. The SMILES string of the molecule is C#CC(=c1cccc2c1=C(C)c1ccccc1-2)N(c1ccc2ccccc2c1)c1cccc2ccccc12. The van der Waals surface area contributed by atoms with E-state index >= 15 is 0 Å². The van der Waals surface area contributed by atoms with Crippen molar-refractivity contribution in [2.24, 2.45) is 0 Å². The van der Waals surface area contributed by atoms with Crippen LogP contribution in [0.1, 0.15) is 12.5 Å². The van der Waals surface area contributed by atoms with Crippen LogP contribution in [0.2, 0.25) is 0 Å². The van der Waals surface area contributed by atoms with Gasteiger partial charge in [0.2, 0.25) is 0 Å². The molecular formula is C37H25N. The van der Waals surface area contributed by atoms with E-state index < -0.39 is 0 Å². The van der Waals surface area contributed by atoms with Gasteiger partial charge in [0, 0.05) is 16.3 Å². The van der Waals surface area contributed by atoms with E-state index in [1.807, 2.05) is 0 Å². The molecule has 0 heterocycles.